The van der Waals surface area contributed by atoms with E-state index < -0.39 is 7.29 Å². The van der Waals surface area contributed by atoms with Crippen LogP contribution in [0.4, 0.5) is 5.69 Å². The highest BCUT2D eigenvalue weighted by Crippen LogP contribution is 2.55. The number of nitrogens with zero attached hydrogens (tertiary/aromatic N) is 1. The van der Waals surface area contributed by atoms with Crippen molar-refractivity contribution in [1.82, 2.24) is 0 Å². The van der Waals surface area contributed by atoms with E-state index in [0.717, 1.165) is 21.9 Å². The molecule has 1 aliphatic heterocycles. The molecule has 4 rings (SSSR count). The number of benzene rings is 3. The van der Waals surface area contributed by atoms with Crippen LogP contribution in [-0.2, 0) is 11.1 Å². The second-order valence-electron chi connectivity index (χ2n) is 5.94. The molecule has 0 N–H and O–H groups in total. The molecule has 1 atom stereocenters. The molecule has 1 heterocycles. The van der Waals surface area contributed by atoms with Gasteiger partial charge in [-0.2, -0.15) is 0 Å². The predicted octanol–water partition coefficient (Wildman–Crippen LogP) is 4.24. The van der Waals surface area contributed by atoms with Crippen molar-refractivity contribution >= 4 is 23.6 Å². The number of hydrogen-bond donors (Lipinski definition) is 0. The summed E-state index contributed by atoms with van der Waals surface area (Å²) in [5, 5.41) is 1.86. The van der Waals surface area contributed by atoms with Gasteiger partial charge in [0.1, 0.15) is 0 Å². The molecule has 23 heavy (non-hydrogen) atoms. The van der Waals surface area contributed by atoms with E-state index in [1.54, 1.807) is 0 Å². The molecule has 0 saturated heterocycles. The maximum atomic E-state index is 14.2. The zero-order valence-electron chi connectivity index (χ0n) is 13.0. The van der Waals surface area contributed by atoms with Crippen LogP contribution < -0.4 is 15.3 Å². The lowest BCUT2D eigenvalue weighted by atomic mass is 10.2. The quantitative estimate of drug-likeness (QED) is 0.658. The molecule has 2 nitrogen and oxygen atoms in total. The van der Waals surface area contributed by atoms with Crippen molar-refractivity contribution < 1.29 is 4.57 Å². The molecule has 3 heteroatoms. The van der Waals surface area contributed by atoms with Crippen LogP contribution in [-0.4, -0.2) is 0 Å². The largest absolute Gasteiger partial charge is 0.311 e. The van der Waals surface area contributed by atoms with Crippen LogP contribution in [0.1, 0.15) is 11.1 Å². The van der Waals surface area contributed by atoms with Crippen LogP contribution in [0.25, 0.3) is 0 Å². The molecular formula is C20H18NOP. The van der Waals surface area contributed by atoms with E-state index in [1.165, 1.54) is 5.56 Å². The zero-order valence-corrected chi connectivity index (χ0v) is 13.9. The summed E-state index contributed by atoms with van der Waals surface area (Å²) in [7, 11) is -2.83. The fourth-order valence-electron chi connectivity index (χ4n) is 3.28. The molecule has 1 unspecified atom stereocenters. The lowest BCUT2D eigenvalue weighted by Crippen LogP contribution is -2.24. The predicted molar refractivity (Wildman–Crippen MR) is 97.1 cm³/mol. The Kier molecular flexibility index (Phi) is 3.36. The third-order valence-corrected chi connectivity index (χ3v) is 7.52. The molecule has 1 aliphatic rings. The summed E-state index contributed by atoms with van der Waals surface area (Å²) in [6, 6.07) is 26.2. The van der Waals surface area contributed by atoms with Crippen molar-refractivity contribution in [2.75, 3.05) is 4.67 Å². The molecular weight excluding hydrogens is 301 g/mol. The average molecular weight is 319 g/mol. The van der Waals surface area contributed by atoms with Gasteiger partial charge in [-0.25, -0.2) is 0 Å². The smallest absolute Gasteiger partial charge is 0.230 e. The summed E-state index contributed by atoms with van der Waals surface area (Å²) in [6.45, 7) is 2.76. The standard InChI is InChI=1S/C20H18NOP/c1-16-8-7-10-18(14-16)21-15-17-9-5-6-13-20(17)23(21,22)19-11-3-2-4-12-19/h2-14H,15H2,1H3. The van der Waals surface area contributed by atoms with Gasteiger partial charge in [0.2, 0.25) is 7.29 Å². The Labute approximate surface area is 136 Å². The van der Waals surface area contributed by atoms with E-state index in [0.29, 0.717) is 6.54 Å². The molecule has 0 saturated carbocycles. The van der Waals surface area contributed by atoms with Crippen molar-refractivity contribution in [2.24, 2.45) is 0 Å². The molecule has 0 bridgehead atoms. The van der Waals surface area contributed by atoms with Gasteiger partial charge < -0.3 is 4.67 Å². The second-order valence-corrected chi connectivity index (χ2v) is 8.57. The van der Waals surface area contributed by atoms with Gasteiger partial charge in [0.05, 0.1) is 6.54 Å². The van der Waals surface area contributed by atoms with Crippen LogP contribution >= 0.6 is 7.29 Å². The van der Waals surface area contributed by atoms with Crippen LogP contribution in [0.3, 0.4) is 0 Å². The first-order valence-electron chi connectivity index (χ1n) is 7.78. The summed E-state index contributed by atoms with van der Waals surface area (Å²) >= 11 is 0. The SMILES string of the molecule is Cc1cccc(N2Cc3ccccc3P2(=O)c2ccccc2)c1. The van der Waals surface area contributed by atoms with Crippen LogP contribution in [0.15, 0.2) is 78.9 Å². The minimum absolute atomic E-state index is 0.686. The first-order valence-corrected chi connectivity index (χ1v) is 9.44. The van der Waals surface area contributed by atoms with Crippen molar-refractivity contribution in [3.05, 3.63) is 90.0 Å². The van der Waals surface area contributed by atoms with E-state index in [9.17, 15) is 4.57 Å². The third-order valence-electron chi connectivity index (χ3n) is 4.38. The normalized spacial score (nSPS) is 19.6. The maximum absolute atomic E-state index is 14.2. The average Bonchev–Trinajstić information content (AvgIpc) is 2.90. The Morgan fingerprint density at radius 1 is 0.870 bits per heavy atom. The van der Waals surface area contributed by atoms with E-state index in [1.807, 2.05) is 54.6 Å². The lowest BCUT2D eigenvalue weighted by molar-refractivity contribution is 0.585. The summed E-state index contributed by atoms with van der Waals surface area (Å²) in [6.07, 6.45) is 0. The van der Waals surface area contributed by atoms with E-state index >= 15 is 0 Å². The van der Waals surface area contributed by atoms with Crippen molar-refractivity contribution in [3.63, 3.8) is 0 Å². The van der Waals surface area contributed by atoms with E-state index in [2.05, 4.69) is 35.9 Å². The topological polar surface area (TPSA) is 20.3 Å². The Morgan fingerprint density at radius 2 is 1.61 bits per heavy atom. The molecule has 114 valence electrons. The zero-order chi connectivity index (χ0) is 15.9. The van der Waals surface area contributed by atoms with E-state index in [4.69, 9.17) is 0 Å². The van der Waals surface area contributed by atoms with Gasteiger partial charge in [-0.05, 0) is 48.4 Å². The molecule has 0 radical (unpaired) electrons. The molecule has 0 fully saturated rings. The van der Waals surface area contributed by atoms with Gasteiger partial charge in [0.15, 0.2) is 0 Å². The van der Waals surface area contributed by atoms with Crippen LogP contribution in [0.5, 0.6) is 0 Å². The van der Waals surface area contributed by atoms with Gasteiger partial charge in [0.25, 0.3) is 0 Å². The van der Waals surface area contributed by atoms with Gasteiger partial charge in [-0.1, -0.05) is 48.5 Å². The molecule has 0 aromatic heterocycles. The maximum Gasteiger partial charge on any atom is 0.230 e. The Balaban J connectivity index is 1.95. The number of aryl methyl sites for hydroxylation is 1. The fraction of sp³-hybridized carbons (Fsp3) is 0.100. The third kappa shape index (κ3) is 2.22. The number of hydrogen-bond acceptors (Lipinski definition) is 1. The molecule has 0 spiro atoms. The molecule has 3 aromatic rings. The highest BCUT2D eigenvalue weighted by atomic mass is 31.2. The van der Waals surface area contributed by atoms with Gasteiger partial charge in [0, 0.05) is 16.3 Å². The number of rotatable bonds is 2. The number of fused-ring (bicyclic) bond motifs is 1. The minimum atomic E-state index is -2.83. The summed E-state index contributed by atoms with van der Waals surface area (Å²) in [5.74, 6) is 0. The monoisotopic (exact) mass is 319 g/mol. The fourth-order valence-corrected chi connectivity index (χ4v) is 6.30. The molecule has 3 aromatic carbocycles. The highest BCUT2D eigenvalue weighted by molar-refractivity contribution is 7.80. The van der Waals surface area contributed by atoms with Gasteiger partial charge >= 0.3 is 0 Å². The highest BCUT2D eigenvalue weighted by Gasteiger charge is 2.42. The summed E-state index contributed by atoms with van der Waals surface area (Å²) in [4.78, 5) is 0. The Bertz CT molecular complexity index is 904. The number of anilines is 1. The first kappa shape index (κ1) is 14.3. The summed E-state index contributed by atoms with van der Waals surface area (Å²) in [5.41, 5.74) is 3.35. The minimum Gasteiger partial charge on any atom is -0.311 e. The summed E-state index contributed by atoms with van der Waals surface area (Å²) < 4.78 is 16.3. The molecule has 0 aliphatic carbocycles. The van der Waals surface area contributed by atoms with Gasteiger partial charge in [-0.3, -0.25) is 4.57 Å². The van der Waals surface area contributed by atoms with Crippen LogP contribution in [0, 0.1) is 6.92 Å². The Hall–Kier alpha value is -2.31. The van der Waals surface area contributed by atoms with Crippen LogP contribution in [0.2, 0.25) is 0 Å². The van der Waals surface area contributed by atoms with Gasteiger partial charge in [-0.15, -0.1) is 0 Å². The van der Waals surface area contributed by atoms with E-state index in [-0.39, 0.29) is 0 Å². The van der Waals surface area contributed by atoms with Crippen molar-refractivity contribution in [3.8, 4) is 0 Å². The first-order chi connectivity index (χ1) is 11.2. The Morgan fingerprint density at radius 3 is 2.39 bits per heavy atom. The molecule has 0 amide bonds. The second kappa shape index (κ2) is 5.40. The van der Waals surface area contributed by atoms with Crippen molar-refractivity contribution in [1.29, 1.82) is 0 Å². The lowest BCUT2D eigenvalue weighted by Gasteiger charge is -2.28. The van der Waals surface area contributed by atoms with Crippen molar-refractivity contribution in [2.45, 2.75) is 13.5 Å².